The standard InChI is InChI=1S/C11H12N4S/c1-16-10-13-11(15-14-10,8-4-5-8)9-3-2-6-12-7-9/h2-3,6-8H,4-5H2,1H3. The molecule has 1 aliphatic carbocycles. The van der Waals surface area contributed by atoms with Gasteiger partial charge in [0.25, 0.3) is 0 Å². The van der Waals surface area contributed by atoms with Crippen LogP contribution in [0.25, 0.3) is 0 Å². The SMILES string of the molecule is CSC1=NC(c2cccnc2)(C2CC2)N=N1. The number of aliphatic imine (C=N–C) groups is 1. The van der Waals surface area contributed by atoms with Gasteiger partial charge in [0.2, 0.25) is 10.8 Å². The minimum absolute atomic E-state index is 0.466. The minimum Gasteiger partial charge on any atom is -0.264 e. The molecule has 1 fully saturated rings. The Kier molecular flexibility index (Phi) is 2.28. The minimum atomic E-state index is -0.466. The molecular weight excluding hydrogens is 220 g/mol. The molecule has 3 rings (SSSR count). The van der Waals surface area contributed by atoms with Crippen LogP contribution < -0.4 is 0 Å². The predicted octanol–water partition coefficient (Wildman–Crippen LogP) is 2.83. The second-order valence-electron chi connectivity index (χ2n) is 4.04. The van der Waals surface area contributed by atoms with E-state index in [1.165, 1.54) is 12.8 Å². The Morgan fingerprint density at radius 2 is 2.31 bits per heavy atom. The van der Waals surface area contributed by atoms with Gasteiger partial charge in [0, 0.05) is 23.9 Å². The fourth-order valence-electron chi connectivity index (χ4n) is 1.99. The number of amidine groups is 1. The summed E-state index contributed by atoms with van der Waals surface area (Å²) in [6.45, 7) is 0. The zero-order valence-electron chi connectivity index (χ0n) is 9.00. The molecule has 0 aromatic carbocycles. The van der Waals surface area contributed by atoms with Crippen LogP contribution in [0.3, 0.4) is 0 Å². The number of rotatable bonds is 2. The molecule has 0 amide bonds. The number of azo groups is 1. The van der Waals surface area contributed by atoms with Crippen LogP contribution in [-0.4, -0.2) is 16.4 Å². The molecule has 0 saturated heterocycles. The molecule has 0 spiro atoms. The molecule has 1 unspecified atom stereocenters. The van der Waals surface area contributed by atoms with E-state index < -0.39 is 5.66 Å². The summed E-state index contributed by atoms with van der Waals surface area (Å²) < 4.78 is 0. The van der Waals surface area contributed by atoms with Crippen LogP contribution >= 0.6 is 11.8 Å². The summed E-state index contributed by atoms with van der Waals surface area (Å²) in [5.41, 5.74) is 0.595. The van der Waals surface area contributed by atoms with E-state index in [4.69, 9.17) is 0 Å². The molecule has 1 saturated carbocycles. The number of hydrogen-bond donors (Lipinski definition) is 0. The van der Waals surface area contributed by atoms with Crippen molar-refractivity contribution in [1.82, 2.24) is 4.98 Å². The molecule has 0 bridgehead atoms. The highest BCUT2D eigenvalue weighted by atomic mass is 32.2. The summed E-state index contributed by atoms with van der Waals surface area (Å²) in [6.07, 6.45) is 7.96. The first-order valence-electron chi connectivity index (χ1n) is 5.32. The van der Waals surface area contributed by atoms with Crippen LogP contribution in [0.4, 0.5) is 0 Å². The Morgan fingerprint density at radius 1 is 1.44 bits per heavy atom. The number of pyridine rings is 1. The molecule has 82 valence electrons. The van der Waals surface area contributed by atoms with E-state index in [1.807, 2.05) is 24.6 Å². The topological polar surface area (TPSA) is 50.0 Å². The number of thioether (sulfide) groups is 1. The van der Waals surface area contributed by atoms with Crippen LogP contribution in [-0.2, 0) is 5.66 Å². The van der Waals surface area contributed by atoms with Gasteiger partial charge in [-0.2, -0.15) is 5.11 Å². The van der Waals surface area contributed by atoms with Crippen molar-refractivity contribution in [2.24, 2.45) is 21.1 Å². The number of hydrogen-bond acceptors (Lipinski definition) is 5. The van der Waals surface area contributed by atoms with Crippen LogP contribution in [0.5, 0.6) is 0 Å². The first-order valence-corrected chi connectivity index (χ1v) is 6.55. The Hall–Kier alpha value is -1.23. The molecule has 4 nitrogen and oxygen atoms in total. The highest BCUT2D eigenvalue weighted by Crippen LogP contribution is 2.51. The maximum atomic E-state index is 4.68. The summed E-state index contributed by atoms with van der Waals surface area (Å²) in [7, 11) is 0. The van der Waals surface area contributed by atoms with E-state index in [9.17, 15) is 0 Å². The third-order valence-corrected chi connectivity index (χ3v) is 3.51. The maximum absolute atomic E-state index is 4.68. The van der Waals surface area contributed by atoms with Gasteiger partial charge >= 0.3 is 0 Å². The van der Waals surface area contributed by atoms with E-state index in [0.717, 1.165) is 10.7 Å². The van der Waals surface area contributed by atoms with Crippen LogP contribution in [0.1, 0.15) is 18.4 Å². The van der Waals surface area contributed by atoms with E-state index in [1.54, 1.807) is 18.0 Å². The van der Waals surface area contributed by atoms with Crippen molar-refractivity contribution in [3.8, 4) is 0 Å². The first kappa shape index (κ1) is 9.96. The fraction of sp³-hybridized carbons (Fsp3) is 0.455. The molecule has 1 aliphatic heterocycles. The molecular formula is C11H12N4S. The summed E-state index contributed by atoms with van der Waals surface area (Å²) >= 11 is 1.54. The highest BCUT2D eigenvalue weighted by molar-refractivity contribution is 8.13. The lowest BCUT2D eigenvalue weighted by Crippen LogP contribution is -2.22. The average molecular weight is 232 g/mol. The Morgan fingerprint density at radius 3 is 2.88 bits per heavy atom. The average Bonchev–Trinajstić information content (AvgIpc) is 3.11. The van der Waals surface area contributed by atoms with Crippen molar-refractivity contribution in [1.29, 1.82) is 0 Å². The Labute approximate surface area is 98.3 Å². The number of nitrogens with zero attached hydrogens (tertiary/aromatic N) is 4. The molecule has 1 aromatic heterocycles. The highest BCUT2D eigenvalue weighted by Gasteiger charge is 2.49. The fourth-order valence-corrected chi connectivity index (χ4v) is 2.35. The van der Waals surface area contributed by atoms with Crippen molar-refractivity contribution in [2.75, 3.05) is 6.26 Å². The van der Waals surface area contributed by atoms with Crippen molar-refractivity contribution in [3.05, 3.63) is 30.1 Å². The van der Waals surface area contributed by atoms with E-state index >= 15 is 0 Å². The molecule has 1 aromatic rings. The monoisotopic (exact) mass is 232 g/mol. The predicted molar refractivity (Wildman–Crippen MR) is 64.4 cm³/mol. The molecule has 0 N–H and O–H groups in total. The van der Waals surface area contributed by atoms with E-state index in [0.29, 0.717) is 5.92 Å². The van der Waals surface area contributed by atoms with Gasteiger partial charge in [-0.25, -0.2) is 4.99 Å². The summed E-state index contributed by atoms with van der Waals surface area (Å²) in [4.78, 5) is 8.83. The molecule has 16 heavy (non-hydrogen) atoms. The smallest absolute Gasteiger partial charge is 0.206 e. The van der Waals surface area contributed by atoms with Gasteiger partial charge in [-0.15, -0.1) is 5.11 Å². The van der Waals surface area contributed by atoms with Crippen molar-refractivity contribution < 1.29 is 0 Å². The van der Waals surface area contributed by atoms with E-state index in [-0.39, 0.29) is 0 Å². The van der Waals surface area contributed by atoms with Gasteiger partial charge in [-0.05, 0) is 25.2 Å². The lowest BCUT2D eigenvalue weighted by atomic mass is 9.98. The van der Waals surface area contributed by atoms with Crippen molar-refractivity contribution >= 4 is 16.9 Å². The summed E-state index contributed by atoms with van der Waals surface area (Å²) in [6, 6.07) is 3.97. The number of aromatic nitrogens is 1. The van der Waals surface area contributed by atoms with Crippen molar-refractivity contribution in [3.63, 3.8) is 0 Å². The quantitative estimate of drug-likeness (QED) is 0.787. The lowest BCUT2D eigenvalue weighted by Gasteiger charge is -2.20. The third kappa shape index (κ3) is 1.46. The van der Waals surface area contributed by atoms with Gasteiger partial charge in [-0.3, -0.25) is 4.98 Å². The summed E-state index contributed by atoms with van der Waals surface area (Å²) in [5.74, 6) is 0.505. The molecule has 5 heteroatoms. The largest absolute Gasteiger partial charge is 0.264 e. The Bertz CT molecular complexity index is 452. The summed E-state index contributed by atoms with van der Waals surface area (Å²) in [5, 5.41) is 9.34. The zero-order valence-corrected chi connectivity index (χ0v) is 9.81. The first-order chi connectivity index (χ1) is 7.85. The van der Waals surface area contributed by atoms with Crippen LogP contribution in [0.2, 0.25) is 0 Å². The van der Waals surface area contributed by atoms with Gasteiger partial charge in [0.15, 0.2) is 0 Å². The molecule has 2 heterocycles. The maximum Gasteiger partial charge on any atom is 0.206 e. The van der Waals surface area contributed by atoms with Crippen LogP contribution in [0, 0.1) is 5.92 Å². The van der Waals surface area contributed by atoms with Crippen molar-refractivity contribution in [2.45, 2.75) is 18.5 Å². The van der Waals surface area contributed by atoms with E-state index in [2.05, 4.69) is 20.2 Å². The molecule has 0 radical (unpaired) electrons. The van der Waals surface area contributed by atoms with Gasteiger partial charge in [-0.1, -0.05) is 17.8 Å². The second-order valence-corrected chi connectivity index (χ2v) is 4.81. The third-order valence-electron chi connectivity index (χ3n) is 2.97. The van der Waals surface area contributed by atoms with Gasteiger partial charge in [0.1, 0.15) is 0 Å². The van der Waals surface area contributed by atoms with Crippen LogP contribution in [0.15, 0.2) is 39.7 Å². The van der Waals surface area contributed by atoms with Gasteiger partial charge in [0.05, 0.1) is 0 Å². The molecule has 2 aliphatic rings. The van der Waals surface area contributed by atoms with Gasteiger partial charge < -0.3 is 0 Å². The second kappa shape index (κ2) is 3.66. The normalized spacial score (nSPS) is 28.2. The zero-order chi connectivity index (χ0) is 11.0. The Balaban J connectivity index is 2.06. The lowest BCUT2D eigenvalue weighted by molar-refractivity contribution is 0.405. The molecule has 1 atom stereocenters.